The lowest BCUT2D eigenvalue weighted by atomic mass is 9.80. The molecule has 2 aliphatic rings. The SMILES string of the molecule is Cc1ncnc2c1ccn2[C@@H]1C[C@@]2(CO[C@@H](c3ccc4ccc(N)nc4c3)C2)[C@@H](O)[C@H]1O. The molecule has 4 heterocycles. The number of ether oxygens (including phenoxy) is 1. The van der Waals surface area contributed by atoms with E-state index in [-0.39, 0.29) is 12.1 Å². The number of aromatic nitrogens is 4. The van der Waals surface area contributed by atoms with Gasteiger partial charge in [-0.15, -0.1) is 0 Å². The standard InChI is InChI=1S/C24H25N5O3/c1-13-16-6-7-29(23(16)27-12-26-13)18-9-24(22(31)21(18)30)10-19(32-11-24)15-3-2-14-4-5-20(25)28-17(14)8-15/h2-8,12,18-19,21-22,30-31H,9-11H2,1H3,(H2,25,28)/t18-,19-,21+,22+,24-/m1/s1. The van der Waals surface area contributed by atoms with Crippen molar-refractivity contribution >= 4 is 27.8 Å². The lowest BCUT2D eigenvalue weighted by molar-refractivity contribution is -0.0309. The highest BCUT2D eigenvalue weighted by molar-refractivity contribution is 5.81. The van der Waals surface area contributed by atoms with Gasteiger partial charge in [-0.1, -0.05) is 12.1 Å². The number of hydrogen-bond donors (Lipinski definition) is 3. The van der Waals surface area contributed by atoms with E-state index in [2.05, 4.69) is 15.0 Å². The van der Waals surface area contributed by atoms with E-state index in [4.69, 9.17) is 10.5 Å². The Morgan fingerprint density at radius 3 is 2.84 bits per heavy atom. The van der Waals surface area contributed by atoms with Gasteiger partial charge in [-0.2, -0.15) is 0 Å². The number of pyridine rings is 1. The maximum atomic E-state index is 11.1. The maximum Gasteiger partial charge on any atom is 0.143 e. The largest absolute Gasteiger partial charge is 0.390 e. The number of fused-ring (bicyclic) bond motifs is 2. The van der Waals surface area contributed by atoms with Crippen molar-refractivity contribution in [2.24, 2.45) is 5.41 Å². The van der Waals surface area contributed by atoms with E-state index in [1.54, 1.807) is 6.07 Å². The lowest BCUT2D eigenvalue weighted by Gasteiger charge is -2.26. The van der Waals surface area contributed by atoms with Crippen LogP contribution in [0.3, 0.4) is 0 Å². The van der Waals surface area contributed by atoms with Crippen LogP contribution in [0.25, 0.3) is 21.9 Å². The van der Waals surface area contributed by atoms with Crippen LogP contribution >= 0.6 is 0 Å². The number of nitrogen functional groups attached to an aromatic ring is 1. The van der Waals surface area contributed by atoms with Crippen LogP contribution in [-0.4, -0.2) is 48.5 Å². The zero-order chi connectivity index (χ0) is 22.0. The third-order valence-corrected chi connectivity index (χ3v) is 7.30. The van der Waals surface area contributed by atoms with Crippen LogP contribution in [0.15, 0.2) is 48.9 Å². The molecule has 1 saturated carbocycles. The number of benzene rings is 1. The number of aryl methyl sites for hydroxylation is 1. The van der Waals surface area contributed by atoms with Crippen molar-refractivity contribution in [3.05, 3.63) is 60.2 Å². The first-order valence-corrected chi connectivity index (χ1v) is 10.9. The van der Waals surface area contributed by atoms with Crippen molar-refractivity contribution in [3.8, 4) is 0 Å². The summed E-state index contributed by atoms with van der Waals surface area (Å²) in [6.07, 6.45) is 2.75. The lowest BCUT2D eigenvalue weighted by Crippen LogP contribution is -2.37. The number of nitrogens with zero attached hydrogens (tertiary/aromatic N) is 4. The molecule has 2 fully saturated rings. The summed E-state index contributed by atoms with van der Waals surface area (Å²) in [7, 11) is 0. The fourth-order valence-electron chi connectivity index (χ4n) is 5.52. The van der Waals surface area contributed by atoms with Crippen molar-refractivity contribution in [2.45, 2.75) is 44.1 Å². The minimum atomic E-state index is -0.902. The normalized spacial score (nSPS) is 30.1. The number of aliphatic hydroxyl groups excluding tert-OH is 2. The first-order valence-electron chi connectivity index (χ1n) is 10.9. The summed E-state index contributed by atoms with van der Waals surface area (Å²) in [5.74, 6) is 0.480. The molecular formula is C24H25N5O3. The van der Waals surface area contributed by atoms with Crippen LogP contribution in [-0.2, 0) is 4.74 Å². The van der Waals surface area contributed by atoms with Gasteiger partial charge in [-0.25, -0.2) is 15.0 Å². The molecule has 32 heavy (non-hydrogen) atoms. The van der Waals surface area contributed by atoms with Gasteiger partial charge in [0.25, 0.3) is 0 Å². The quantitative estimate of drug-likeness (QED) is 0.446. The van der Waals surface area contributed by atoms with Gasteiger partial charge < -0.3 is 25.3 Å². The molecule has 4 aromatic rings. The first kappa shape index (κ1) is 19.6. The fraction of sp³-hybridized carbons (Fsp3) is 0.375. The first-order chi connectivity index (χ1) is 15.4. The summed E-state index contributed by atoms with van der Waals surface area (Å²) < 4.78 is 8.16. The van der Waals surface area contributed by atoms with Gasteiger partial charge in [-0.3, -0.25) is 0 Å². The molecule has 1 spiro atoms. The minimum Gasteiger partial charge on any atom is -0.390 e. The summed E-state index contributed by atoms with van der Waals surface area (Å²) in [5.41, 5.74) is 8.83. The van der Waals surface area contributed by atoms with Crippen molar-refractivity contribution in [2.75, 3.05) is 12.3 Å². The Bertz CT molecular complexity index is 1340. The molecule has 8 nitrogen and oxygen atoms in total. The molecule has 6 rings (SSSR count). The highest BCUT2D eigenvalue weighted by Crippen LogP contribution is 2.54. The smallest absolute Gasteiger partial charge is 0.143 e. The van der Waals surface area contributed by atoms with Gasteiger partial charge in [0.15, 0.2) is 0 Å². The molecule has 3 aromatic heterocycles. The summed E-state index contributed by atoms with van der Waals surface area (Å²) in [6.45, 7) is 2.33. The topological polar surface area (TPSA) is 119 Å². The Morgan fingerprint density at radius 2 is 1.97 bits per heavy atom. The highest BCUT2D eigenvalue weighted by Gasteiger charge is 2.57. The monoisotopic (exact) mass is 431 g/mol. The molecule has 4 N–H and O–H groups in total. The molecule has 1 aliphatic carbocycles. The molecule has 0 radical (unpaired) electrons. The zero-order valence-corrected chi connectivity index (χ0v) is 17.7. The van der Waals surface area contributed by atoms with Crippen LogP contribution < -0.4 is 5.73 Å². The molecule has 1 saturated heterocycles. The fourth-order valence-corrected chi connectivity index (χ4v) is 5.52. The summed E-state index contributed by atoms with van der Waals surface area (Å²) >= 11 is 0. The number of nitrogens with two attached hydrogens (primary N) is 1. The van der Waals surface area contributed by atoms with Gasteiger partial charge in [-0.05, 0) is 49.6 Å². The van der Waals surface area contributed by atoms with Gasteiger partial charge in [0.1, 0.15) is 23.9 Å². The van der Waals surface area contributed by atoms with Crippen molar-refractivity contribution in [1.29, 1.82) is 0 Å². The van der Waals surface area contributed by atoms with E-state index in [0.717, 1.165) is 33.2 Å². The van der Waals surface area contributed by atoms with Crippen LogP contribution in [0, 0.1) is 12.3 Å². The maximum absolute atomic E-state index is 11.1. The Hall–Kier alpha value is -3.07. The Morgan fingerprint density at radius 1 is 1.12 bits per heavy atom. The van der Waals surface area contributed by atoms with E-state index >= 15 is 0 Å². The van der Waals surface area contributed by atoms with E-state index in [1.165, 1.54) is 6.33 Å². The molecule has 0 unspecified atom stereocenters. The molecule has 5 atom stereocenters. The van der Waals surface area contributed by atoms with Crippen LogP contribution in [0.2, 0.25) is 0 Å². The molecule has 164 valence electrons. The van der Waals surface area contributed by atoms with Gasteiger partial charge >= 0.3 is 0 Å². The second-order valence-electron chi connectivity index (χ2n) is 9.18. The van der Waals surface area contributed by atoms with Crippen LogP contribution in [0.1, 0.15) is 36.2 Å². The van der Waals surface area contributed by atoms with Crippen molar-refractivity contribution in [1.82, 2.24) is 19.5 Å². The predicted molar refractivity (Wildman–Crippen MR) is 120 cm³/mol. The summed E-state index contributed by atoms with van der Waals surface area (Å²) in [5, 5.41) is 24.1. The number of hydrogen-bond acceptors (Lipinski definition) is 7. The van der Waals surface area contributed by atoms with Gasteiger partial charge in [0.2, 0.25) is 0 Å². The number of anilines is 1. The summed E-state index contributed by atoms with van der Waals surface area (Å²) in [6, 6.07) is 11.5. The molecular weight excluding hydrogens is 406 g/mol. The Kier molecular flexibility index (Phi) is 4.27. The van der Waals surface area contributed by atoms with Crippen LogP contribution in [0.4, 0.5) is 5.82 Å². The highest BCUT2D eigenvalue weighted by atomic mass is 16.5. The van der Waals surface area contributed by atoms with Crippen LogP contribution in [0.5, 0.6) is 0 Å². The Balaban J connectivity index is 1.31. The molecule has 1 aromatic carbocycles. The molecule has 1 aliphatic heterocycles. The van der Waals surface area contributed by atoms with E-state index < -0.39 is 17.6 Å². The van der Waals surface area contributed by atoms with Gasteiger partial charge in [0.05, 0.1) is 36.1 Å². The molecule has 0 bridgehead atoms. The van der Waals surface area contributed by atoms with E-state index in [1.807, 2.05) is 48.0 Å². The number of rotatable bonds is 2. The molecule has 0 amide bonds. The third kappa shape index (κ3) is 2.83. The minimum absolute atomic E-state index is 0.172. The third-order valence-electron chi connectivity index (χ3n) is 7.30. The predicted octanol–water partition coefficient (Wildman–Crippen LogP) is 2.68. The Labute approximate surface area is 184 Å². The van der Waals surface area contributed by atoms with Gasteiger partial charge in [0, 0.05) is 22.4 Å². The van der Waals surface area contributed by atoms with Crippen molar-refractivity contribution in [3.63, 3.8) is 0 Å². The average Bonchev–Trinajstić information content (AvgIpc) is 3.47. The average molecular weight is 431 g/mol. The number of aliphatic hydroxyl groups is 2. The van der Waals surface area contributed by atoms with E-state index in [0.29, 0.717) is 25.3 Å². The van der Waals surface area contributed by atoms with E-state index in [9.17, 15) is 10.2 Å². The zero-order valence-electron chi connectivity index (χ0n) is 17.7. The van der Waals surface area contributed by atoms with Crippen molar-refractivity contribution < 1.29 is 14.9 Å². The molecule has 8 heteroatoms. The second-order valence-corrected chi connectivity index (χ2v) is 9.18. The summed E-state index contributed by atoms with van der Waals surface area (Å²) in [4.78, 5) is 13.1. The second kappa shape index (κ2) is 6.96.